The predicted octanol–water partition coefficient (Wildman–Crippen LogP) is 4.82. The average molecular weight is 469 g/mol. The van der Waals surface area contributed by atoms with Gasteiger partial charge in [-0.3, -0.25) is 14.3 Å². The average Bonchev–Trinajstić information content (AvgIpc) is 3.27. The van der Waals surface area contributed by atoms with Gasteiger partial charge in [-0.05, 0) is 36.8 Å². The van der Waals surface area contributed by atoms with Crippen molar-refractivity contribution in [1.29, 1.82) is 5.26 Å². The molecule has 4 aromatic rings. The minimum atomic E-state index is -0.428. The number of anilines is 1. The molecule has 2 aromatic carbocycles. The summed E-state index contributed by atoms with van der Waals surface area (Å²) in [4.78, 5) is 19.2. The molecule has 4 rings (SSSR count). The minimum Gasteiger partial charge on any atom is -0.310 e. The molecule has 0 spiro atoms. The highest BCUT2D eigenvalue weighted by atomic mass is 32.2. The smallest absolute Gasteiger partial charge is 0.240 e. The van der Waals surface area contributed by atoms with Crippen LogP contribution in [0.1, 0.15) is 18.9 Å². The van der Waals surface area contributed by atoms with E-state index in [4.69, 9.17) is 5.26 Å². The van der Waals surface area contributed by atoms with Gasteiger partial charge in [0.2, 0.25) is 5.91 Å². The van der Waals surface area contributed by atoms with Gasteiger partial charge in [0.25, 0.3) is 0 Å². The largest absolute Gasteiger partial charge is 0.310 e. The zero-order chi connectivity index (χ0) is 23.8. The summed E-state index contributed by atoms with van der Waals surface area (Å²) in [7, 11) is 0. The lowest BCUT2D eigenvalue weighted by atomic mass is 10.2. The zero-order valence-corrected chi connectivity index (χ0v) is 19.6. The highest BCUT2D eigenvalue weighted by Crippen LogP contribution is 2.29. The van der Waals surface area contributed by atoms with Crippen LogP contribution in [0, 0.1) is 11.3 Å². The summed E-state index contributed by atoms with van der Waals surface area (Å²) in [6.45, 7) is 2.78. The van der Waals surface area contributed by atoms with Gasteiger partial charge in [-0.1, -0.05) is 60.3 Å². The predicted molar refractivity (Wildman–Crippen MR) is 133 cm³/mol. The number of para-hydroxylation sites is 1. The normalized spacial score (nSPS) is 11.5. The Morgan fingerprint density at radius 2 is 1.71 bits per heavy atom. The number of carbonyl (C=O) groups excluding carboxylic acids is 1. The van der Waals surface area contributed by atoms with E-state index in [0.717, 1.165) is 22.6 Å². The maximum atomic E-state index is 13.4. The van der Waals surface area contributed by atoms with Gasteiger partial charge < -0.3 is 4.90 Å². The molecule has 0 fully saturated rings. The highest BCUT2D eigenvalue weighted by molar-refractivity contribution is 8.00. The van der Waals surface area contributed by atoms with Crippen LogP contribution in [0.5, 0.6) is 0 Å². The summed E-state index contributed by atoms with van der Waals surface area (Å²) < 4.78 is 2.03. The molecular weight excluding hydrogens is 444 g/mol. The molecule has 0 aliphatic heterocycles. The Morgan fingerprint density at radius 3 is 2.38 bits per heavy atom. The number of amides is 1. The van der Waals surface area contributed by atoms with Gasteiger partial charge in [-0.25, -0.2) is 0 Å². The minimum absolute atomic E-state index is 0.0776. The number of aromatic nitrogens is 4. The van der Waals surface area contributed by atoms with Crippen LogP contribution in [0.25, 0.3) is 11.4 Å². The van der Waals surface area contributed by atoms with Crippen molar-refractivity contribution in [2.24, 2.45) is 0 Å². The molecule has 0 saturated heterocycles. The maximum Gasteiger partial charge on any atom is 0.240 e. The molecule has 170 valence electrons. The molecule has 1 amide bonds. The molecule has 2 aromatic heterocycles. The fourth-order valence-electron chi connectivity index (χ4n) is 3.56. The number of nitriles is 1. The maximum absolute atomic E-state index is 13.4. The quantitative estimate of drug-likeness (QED) is 0.327. The lowest BCUT2D eigenvalue weighted by Gasteiger charge is -2.25. The van der Waals surface area contributed by atoms with Crippen LogP contribution in [-0.2, 0) is 11.3 Å². The third-order valence-electron chi connectivity index (χ3n) is 5.25. The molecule has 0 bridgehead atoms. The van der Waals surface area contributed by atoms with Gasteiger partial charge in [-0.15, -0.1) is 10.2 Å². The molecule has 1 unspecified atom stereocenters. The SMILES string of the molecule is CC(Sc1nnc(-c2ccncc2)n1Cc1ccccc1)C(=O)N(CCC#N)c1ccccc1. The lowest BCUT2D eigenvalue weighted by Crippen LogP contribution is -2.37. The molecule has 34 heavy (non-hydrogen) atoms. The number of pyridine rings is 1. The Labute approximate surface area is 203 Å². The van der Waals surface area contributed by atoms with Crippen molar-refractivity contribution in [3.63, 3.8) is 0 Å². The van der Waals surface area contributed by atoms with Gasteiger partial charge in [-0.2, -0.15) is 5.26 Å². The van der Waals surface area contributed by atoms with E-state index in [9.17, 15) is 4.79 Å². The Bertz CT molecular complexity index is 1250. The van der Waals surface area contributed by atoms with Crippen molar-refractivity contribution in [2.45, 2.75) is 30.3 Å². The van der Waals surface area contributed by atoms with Gasteiger partial charge >= 0.3 is 0 Å². The van der Waals surface area contributed by atoms with Crippen molar-refractivity contribution in [1.82, 2.24) is 19.7 Å². The molecule has 1 atom stereocenters. The third kappa shape index (κ3) is 5.50. The van der Waals surface area contributed by atoms with E-state index in [0.29, 0.717) is 18.2 Å². The van der Waals surface area contributed by atoms with E-state index in [1.165, 1.54) is 11.8 Å². The van der Waals surface area contributed by atoms with Crippen LogP contribution in [-0.4, -0.2) is 37.5 Å². The second-order valence-electron chi connectivity index (χ2n) is 7.61. The van der Waals surface area contributed by atoms with Crippen molar-refractivity contribution < 1.29 is 4.79 Å². The van der Waals surface area contributed by atoms with Gasteiger partial charge in [0.1, 0.15) is 0 Å². The number of benzene rings is 2. The molecule has 0 N–H and O–H groups in total. The van der Waals surface area contributed by atoms with Crippen LogP contribution in [0.4, 0.5) is 5.69 Å². The van der Waals surface area contributed by atoms with Crippen molar-refractivity contribution in [3.8, 4) is 17.5 Å². The van der Waals surface area contributed by atoms with Crippen LogP contribution in [0.15, 0.2) is 90.3 Å². The van der Waals surface area contributed by atoms with Crippen molar-refractivity contribution in [2.75, 3.05) is 11.4 Å². The standard InChI is InChI=1S/C26H24N6OS/c1-20(25(33)31(18-8-15-27)23-11-6-3-7-12-23)34-26-30-29-24(22-13-16-28-17-14-22)32(26)19-21-9-4-2-5-10-21/h2-7,9-14,16-17,20H,8,18-19H2,1H3. The van der Waals surface area contributed by atoms with E-state index >= 15 is 0 Å². The first-order valence-corrected chi connectivity index (χ1v) is 11.8. The number of nitrogens with zero attached hydrogens (tertiary/aromatic N) is 6. The fourth-order valence-corrected chi connectivity index (χ4v) is 4.47. The monoisotopic (exact) mass is 468 g/mol. The first kappa shape index (κ1) is 23.2. The van der Waals surface area contributed by atoms with Gasteiger partial charge in [0.05, 0.1) is 24.3 Å². The molecule has 8 heteroatoms. The Hall–Kier alpha value is -3.96. The topological polar surface area (TPSA) is 87.7 Å². The Morgan fingerprint density at radius 1 is 1.03 bits per heavy atom. The third-order valence-corrected chi connectivity index (χ3v) is 6.32. The number of thioether (sulfide) groups is 1. The first-order valence-electron chi connectivity index (χ1n) is 10.9. The second-order valence-corrected chi connectivity index (χ2v) is 8.92. The summed E-state index contributed by atoms with van der Waals surface area (Å²) in [6, 6.07) is 25.5. The Kier molecular flexibility index (Phi) is 7.68. The summed E-state index contributed by atoms with van der Waals surface area (Å²) in [5.41, 5.74) is 2.79. The zero-order valence-electron chi connectivity index (χ0n) is 18.8. The molecule has 7 nitrogen and oxygen atoms in total. The summed E-state index contributed by atoms with van der Waals surface area (Å²) in [6.07, 6.45) is 3.71. The number of carbonyl (C=O) groups is 1. The number of rotatable bonds is 9. The molecule has 0 radical (unpaired) electrons. The molecular formula is C26H24N6OS. The van der Waals surface area contributed by atoms with Crippen molar-refractivity contribution in [3.05, 3.63) is 90.8 Å². The first-order chi connectivity index (χ1) is 16.7. The van der Waals surface area contributed by atoms with E-state index in [1.807, 2.05) is 72.2 Å². The fraction of sp³-hybridized carbons (Fsp3) is 0.192. The Balaban J connectivity index is 1.62. The second kappa shape index (κ2) is 11.3. The van der Waals surface area contributed by atoms with Crippen LogP contribution < -0.4 is 4.90 Å². The number of hydrogen-bond donors (Lipinski definition) is 0. The summed E-state index contributed by atoms with van der Waals surface area (Å²) in [5, 5.41) is 18.2. The summed E-state index contributed by atoms with van der Waals surface area (Å²) >= 11 is 1.37. The van der Waals surface area contributed by atoms with Crippen LogP contribution in [0.3, 0.4) is 0 Å². The van der Waals surface area contributed by atoms with E-state index < -0.39 is 5.25 Å². The number of hydrogen-bond acceptors (Lipinski definition) is 6. The lowest BCUT2D eigenvalue weighted by molar-refractivity contribution is -0.117. The van der Waals surface area contributed by atoms with E-state index in [1.54, 1.807) is 17.3 Å². The molecule has 0 saturated carbocycles. The van der Waals surface area contributed by atoms with Crippen molar-refractivity contribution >= 4 is 23.4 Å². The van der Waals surface area contributed by atoms with Crippen LogP contribution >= 0.6 is 11.8 Å². The molecule has 0 aliphatic carbocycles. The molecule has 0 aliphatic rings. The highest BCUT2D eigenvalue weighted by Gasteiger charge is 2.26. The summed E-state index contributed by atoms with van der Waals surface area (Å²) in [5.74, 6) is 0.643. The van der Waals surface area contributed by atoms with E-state index in [-0.39, 0.29) is 12.3 Å². The van der Waals surface area contributed by atoms with Gasteiger partial charge in [0.15, 0.2) is 11.0 Å². The molecule has 2 heterocycles. The van der Waals surface area contributed by atoms with E-state index in [2.05, 4.69) is 33.4 Å². The van der Waals surface area contributed by atoms with Crippen LogP contribution in [0.2, 0.25) is 0 Å². The van der Waals surface area contributed by atoms with Gasteiger partial charge in [0, 0.05) is 30.2 Å².